The number of nitrogens with two attached hydrogens (primary N) is 1. The van der Waals surface area contributed by atoms with Crippen molar-refractivity contribution < 1.29 is 66.7 Å². The van der Waals surface area contributed by atoms with Crippen molar-refractivity contribution >= 4 is 46.9 Å². The van der Waals surface area contributed by atoms with Gasteiger partial charge in [0.05, 0.1) is 122 Å². The summed E-state index contributed by atoms with van der Waals surface area (Å²) in [5.41, 5.74) is 8.76. The van der Waals surface area contributed by atoms with Gasteiger partial charge in [0, 0.05) is 43.9 Å². The fourth-order valence-electron chi connectivity index (χ4n) is 10.1. The van der Waals surface area contributed by atoms with Crippen LogP contribution in [0.3, 0.4) is 0 Å². The fourth-order valence-corrected chi connectivity index (χ4v) is 10.1. The van der Waals surface area contributed by atoms with Gasteiger partial charge in [-0.2, -0.15) is 5.10 Å². The Hall–Kier alpha value is -7.65. The lowest BCUT2D eigenvalue weighted by atomic mass is 9.86. The van der Waals surface area contributed by atoms with E-state index >= 15 is 0 Å². The minimum Gasteiger partial charge on any atom is -0.457 e. The number of imide groups is 2. The highest BCUT2D eigenvalue weighted by atomic mass is 16.6. The third-order valence-corrected chi connectivity index (χ3v) is 14.2. The predicted octanol–water partition coefficient (Wildman–Crippen LogP) is 3.57. The highest BCUT2D eigenvalue weighted by Crippen LogP contribution is 2.41. The molecule has 25 heteroatoms. The molecule has 432 valence electrons. The number of nitrogens with one attached hydrogen (secondary N) is 3. The van der Waals surface area contributed by atoms with Crippen molar-refractivity contribution in [1.82, 2.24) is 39.9 Å². The van der Waals surface area contributed by atoms with Crippen LogP contribution in [0.5, 0.6) is 11.5 Å². The number of hydrogen-bond donors (Lipinski definition) is 4. The number of piperidine rings is 2. The maximum atomic E-state index is 13.5. The van der Waals surface area contributed by atoms with Gasteiger partial charge in [-0.1, -0.05) is 29.5 Å². The zero-order valence-electron chi connectivity index (χ0n) is 45.1. The Morgan fingerprint density at radius 3 is 1.93 bits per heavy atom. The van der Waals surface area contributed by atoms with Crippen LogP contribution in [0.25, 0.3) is 11.3 Å². The third kappa shape index (κ3) is 15.2. The molecule has 0 spiro atoms. The highest BCUT2D eigenvalue weighted by Gasteiger charge is 2.46. The SMILES string of the molecule is NC(=O)c1c(-c2ccc(Oc3ccccc3)cc2)nn2c1NCC[C@H]2C1CCN(C(=O)c2cn(CCOCCOCCOCCOCCOCCOCCOCCNc3cccc4c3C(=O)N(C3CCC(=O)NC3=O)C4=O)nn2)CC1. The molecule has 2 fully saturated rings. The first-order valence-electron chi connectivity index (χ1n) is 27.5. The monoisotopic (exact) mass is 1120 g/mol. The zero-order valence-corrected chi connectivity index (χ0v) is 45.1. The molecule has 0 saturated carbocycles. The van der Waals surface area contributed by atoms with Crippen LogP contribution in [0, 0.1) is 5.92 Å². The molecule has 5 aromatic rings. The standard InChI is InChI=1S/C56H69N11O14/c57-51(69)49-50(39-9-11-41(12-10-39)81-40-5-2-1-3-6-40)62-67-45(15-18-59-52(49)67)38-16-20-64(21-17-38)55(72)44-37-65(63-61-44)22-24-75-26-28-77-30-32-79-34-36-80-35-33-78-31-29-76-27-25-74-23-19-58-43-8-4-7-42-48(43)56(73)66(54(42)71)46-13-14-47(68)60-53(46)70/h1-12,37-38,45-46,58-59H,13-36H2,(H2,57,69)(H,60,68,70)/t45-,46?/m0/s1. The van der Waals surface area contributed by atoms with Gasteiger partial charge in [-0.3, -0.25) is 39.0 Å². The van der Waals surface area contributed by atoms with E-state index in [1.54, 1.807) is 29.1 Å². The summed E-state index contributed by atoms with van der Waals surface area (Å²) < 4.78 is 48.6. The van der Waals surface area contributed by atoms with E-state index in [-0.39, 0.29) is 47.5 Å². The first kappa shape index (κ1) is 58.0. The number of aromatic nitrogens is 5. The summed E-state index contributed by atoms with van der Waals surface area (Å²) in [6.07, 6.45) is 4.16. The summed E-state index contributed by atoms with van der Waals surface area (Å²) >= 11 is 0. The van der Waals surface area contributed by atoms with E-state index in [4.69, 9.17) is 48.7 Å². The van der Waals surface area contributed by atoms with Crippen LogP contribution in [0.4, 0.5) is 11.5 Å². The second kappa shape index (κ2) is 29.2. The molecule has 6 heterocycles. The number of anilines is 2. The number of rotatable bonds is 32. The number of ether oxygens (including phenoxy) is 8. The van der Waals surface area contributed by atoms with E-state index in [2.05, 4.69) is 26.3 Å². The summed E-state index contributed by atoms with van der Waals surface area (Å²) in [5, 5.41) is 22.0. The molecule has 0 bridgehead atoms. The van der Waals surface area contributed by atoms with Crippen LogP contribution in [0.1, 0.15) is 79.7 Å². The maximum Gasteiger partial charge on any atom is 0.276 e. The smallest absolute Gasteiger partial charge is 0.276 e. The molecule has 1 unspecified atom stereocenters. The Bertz CT molecular complexity index is 2930. The van der Waals surface area contributed by atoms with Crippen molar-refractivity contribution in [1.29, 1.82) is 0 Å². The summed E-state index contributed by atoms with van der Waals surface area (Å²) in [6, 6.07) is 20.9. The average Bonchev–Trinajstić information content (AvgIpc) is 4.41. The number of carbonyl (C=O) groups excluding carboxylic acids is 6. The first-order valence-corrected chi connectivity index (χ1v) is 27.5. The minimum atomic E-state index is -1.02. The first-order chi connectivity index (χ1) is 39.6. The van der Waals surface area contributed by atoms with Crippen LogP contribution in [-0.4, -0.2) is 195 Å². The van der Waals surface area contributed by atoms with Gasteiger partial charge < -0.3 is 59.2 Å². The number of benzene rings is 3. The van der Waals surface area contributed by atoms with Gasteiger partial charge in [-0.05, 0) is 80.1 Å². The van der Waals surface area contributed by atoms with E-state index in [0.29, 0.717) is 154 Å². The lowest BCUT2D eigenvalue weighted by Crippen LogP contribution is -2.54. The van der Waals surface area contributed by atoms with Gasteiger partial charge in [0.15, 0.2) is 5.69 Å². The lowest BCUT2D eigenvalue weighted by Gasteiger charge is -2.38. The van der Waals surface area contributed by atoms with Gasteiger partial charge >= 0.3 is 0 Å². The van der Waals surface area contributed by atoms with Crippen LogP contribution in [0.2, 0.25) is 0 Å². The Balaban J connectivity index is 0.548. The van der Waals surface area contributed by atoms with Crippen molar-refractivity contribution in [3.8, 4) is 22.8 Å². The Morgan fingerprint density at radius 2 is 1.30 bits per heavy atom. The molecular weight excluding hydrogens is 1050 g/mol. The molecule has 2 saturated heterocycles. The molecule has 2 aromatic heterocycles. The van der Waals surface area contributed by atoms with Crippen LogP contribution >= 0.6 is 0 Å². The molecular formula is C56H69N11O14. The second-order valence-electron chi connectivity index (χ2n) is 19.5. The summed E-state index contributed by atoms with van der Waals surface area (Å²) in [4.78, 5) is 79.3. The fraction of sp³-hybridized carbons (Fsp3) is 0.482. The largest absolute Gasteiger partial charge is 0.457 e. The van der Waals surface area contributed by atoms with Gasteiger partial charge in [0.25, 0.3) is 23.6 Å². The van der Waals surface area contributed by atoms with Gasteiger partial charge in [0.1, 0.15) is 34.6 Å². The number of nitrogens with zero attached hydrogens (tertiary/aromatic N) is 7. The molecule has 0 radical (unpaired) electrons. The maximum absolute atomic E-state index is 13.5. The Morgan fingerprint density at radius 1 is 0.679 bits per heavy atom. The summed E-state index contributed by atoms with van der Waals surface area (Å²) in [7, 11) is 0. The highest BCUT2D eigenvalue weighted by molar-refractivity contribution is 6.25. The molecule has 5 N–H and O–H groups in total. The van der Waals surface area contributed by atoms with E-state index < -0.39 is 35.6 Å². The van der Waals surface area contributed by atoms with Gasteiger partial charge in [-0.25, -0.2) is 9.36 Å². The quantitative estimate of drug-likeness (QED) is 0.0353. The predicted molar refractivity (Wildman–Crippen MR) is 291 cm³/mol. The van der Waals surface area contributed by atoms with Crippen LogP contribution in [-0.2, 0) is 49.3 Å². The topological polar surface area (TPSA) is 293 Å². The molecule has 4 aliphatic rings. The van der Waals surface area contributed by atoms with Crippen molar-refractivity contribution in [3.05, 3.63) is 101 Å². The molecule has 0 aliphatic carbocycles. The normalized spacial score (nSPS) is 17.2. The van der Waals surface area contributed by atoms with Crippen molar-refractivity contribution in [2.24, 2.45) is 11.7 Å². The van der Waals surface area contributed by atoms with Crippen molar-refractivity contribution in [2.45, 2.75) is 50.7 Å². The van der Waals surface area contributed by atoms with E-state index in [1.165, 1.54) is 0 Å². The Labute approximate surface area is 467 Å². The number of primary amides is 1. The third-order valence-electron chi connectivity index (χ3n) is 14.2. The van der Waals surface area contributed by atoms with Crippen molar-refractivity contribution in [2.75, 3.05) is 129 Å². The van der Waals surface area contributed by atoms with Crippen molar-refractivity contribution in [3.63, 3.8) is 0 Å². The Kier molecular flexibility index (Phi) is 20.9. The summed E-state index contributed by atoms with van der Waals surface area (Å²) in [6.45, 7) is 8.10. The number of amides is 6. The summed E-state index contributed by atoms with van der Waals surface area (Å²) in [5.74, 6) is -0.666. The molecule has 4 aliphatic heterocycles. The zero-order chi connectivity index (χ0) is 56.3. The molecule has 6 amide bonds. The second-order valence-corrected chi connectivity index (χ2v) is 19.5. The number of para-hydroxylation sites is 1. The van der Waals surface area contributed by atoms with E-state index in [1.807, 2.05) is 64.2 Å². The van der Waals surface area contributed by atoms with Gasteiger partial charge in [0.2, 0.25) is 11.8 Å². The molecule has 3 aromatic carbocycles. The van der Waals surface area contributed by atoms with Gasteiger partial charge in [-0.15, -0.1) is 5.10 Å². The number of likely N-dealkylation sites (tertiary alicyclic amines) is 1. The average molecular weight is 1120 g/mol. The number of carbonyl (C=O) groups is 6. The molecule has 25 nitrogen and oxygen atoms in total. The molecule has 81 heavy (non-hydrogen) atoms. The molecule has 2 atom stereocenters. The minimum absolute atomic E-state index is 0.0313. The lowest BCUT2D eigenvalue weighted by molar-refractivity contribution is -0.136. The van der Waals surface area contributed by atoms with E-state index in [9.17, 15) is 28.8 Å². The van der Waals surface area contributed by atoms with Crippen LogP contribution < -0.4 is 26.4 Å². The van der Waals surface area contributed by atoms with E-state index in [0.717, 1.165) is 35.5 Å². The van der Waals surface area contributed by atoms with Crippen LogP contribution in [0.15, 0.2) is 79.0 Å². The number of hydrogen-bond acceptors (Lipinski definition) is 19. The molecule has 9 rings (SSSR count). The number of fused-ring (bicyclic) bond motifs is 2.